The van der Waals surface area contributed by atoms with E-state index < -0.39 is 0 Å². The second-order valence-electron chi connectivity index (χ2n) is 3.79. The number of hydrogen-bond acceptors (Lipinski definition) is 4. The Bertz CT molecular complexity index is 655. The van der Waals surface area contributed by atoms with Gasteiger partial charge in [0.1, 0.15) is 16.7 Å². The van der Waals surface area contributed by atoms with Crippen LogP contribution in [0, 0.1) is 6.92 Å². The van der Waals surface area contributed by atoms with Crippen LogP contribution in [0.4, 0.5) is 0 Å². The van der Waals surface area contributed by atoms with Crippen LogP contribution in [-0.4, -0.2) is 0 Å². The highest BCUT2D eigenvalue weighted by molar-refractivity contribution is 7.80. The van der Waals surface area contributed by atoms with E-state index in [2.05, 4.69) is 19.2 Å². The van der Waals surface area contributed by atoms with Crippen LogP contribution in [0.5, 0.6) is 5.75 Å². The summed E-state index contributed by atoms with van der Waals surface area (Å²) < 4.78 is 10.9. The molecule has 0 aliphatic heterocycles. The van der Waals surface area contributed by atoms with E-state index in [0.717, 1.165) is 0 Å². The maximum atomic E-state index is 12.1. The first kappa shape index (κ1) is 11.8. The highest BCUT2D eigenvalue weighted by atomic mass is 32.1. The molecule has 17 heavy (non-hydrogen) atoms. The van der Waals surface area contributed by atoms with Gasteiger partial charge in [-0.3, -0.25) is 4.79 Å². The van der Waals surface area contributed by atoms with Gasteiger partial charge in [-0.2, -0.15) is 0 Å². The number of allylic oxidation sites excluding steroid dienone is 1. The van der Waals surface area contributed by atoms with E-state index in [-0.39, 0.29) is 5.43 Å². The first-order chi connectivity index (χ1) is 8.00. The number of benzene rings is 1. The number of hydrogen-bond donors (Lipinski definition) is 1. The molecule has 0 atom stereocenters. The smallest absolute Gasteiger partial charge is 0.200 e. The molecule has 1 aromatic heterocycles. The van der Waals surface area contributed by atoms with E-state index in [1.165, 1.54) is 0 Å². The van der Waals surface area contributed by atoms with Gasteiger partial charge in [0.05, 0.1) is 5.76 Å². The molecule has 0 bridgehead atoms. The zero-order valence-corrected chi connectivity index (χ0v) is 10.5. The third-order valence-electron chi connectivity index (χ3n) is 2.37. The van der Waals surface area contributed by atoms with E-state index >= 15 is 0 Å². The lowest BCUT2D eigenvalue weighted by molar-refractivity contribution is 0.432. The average molecular weight is 248 g/mol. The molecule has 2 rings (SSSR count). The Morgan fingerprint density at radius 1 is 1.47 bits per heavy atom. The summed E-state index contributed by atoms with van der Waals surface area (Å²) in [5, 5.41) is 0.751. The van der Waals surface area contributed by atoms with Crippen molar-refractivity contribution in [3.8, 4) is 5.75 Å². The Kier molecular flexibility index (Phi) is 2.98. The summed E-state index contributed by atoms with van der Waals surface area (Å²) in [6.45, 7) is 7.05. The minimum absolute atomic E-state index is 0.131. The zero-order chi connectivity index (χ0) is 12.6. The van der Waals surface area contributed by atoms with Crippen molar-refractivity contribution in [2.24, 2.45) is 0 Å². The lowest BCUT2D eigenvalue weighted by atomic mass is 10.1. The fourth-order valence-electron chi connectivity index (χ4n) is 1.56. The topological polar surface area (TPSA) is 39.4 Å². The molecule has 0 radical (unpaired) electrons. The Morgan fingerprint density at radius 2 is 2.18 bits per heavy atom. The highest BCUT2D eigenvalue weighted by Gasteiger charge is 2.12. The second kappa shape index (κ2) is 4.30. The number of fused-ring (bicyclic) bond motifs is 1. The molecule has 0 spiro atoms. The van der Waals surface area contributed by atoms with Gasteiger partial charge in [0.25, 0.3) is 0 Å². The Balaban J connectivity index is 2.84. The van der Waals surface area contributed by atoms with Crippen LogP contribution in [0.3, 0.4) is 0 Å². The van der Waals surface area contributed by atoms with Crippen LogP contribution >= 0.6 is 12.6 Å². The van der Waals surface area contributed by atoms with Gasteiger partial charge in [0.15, 0.2) is 5.09 Å². The van der Waals surface area contributed by atoms with E-state index in [4.69, 9.17) is 9.15 Å². The minimum Gasteiger partial charge on any atom is -0.462 e. The Hall–Kier alpha value is -1.68. The van der Waals surface area contributed by atoms with E-state index in [1.54, 1.807) is 32.0 Å². The van der Waals surface area contributed by atoms with Crippen molar-refractivity contribution in [1.29, 1.82) is 0 Å². The van der Waals surface area contributed by atoms with Crippen molar-refractivity contribution in [1.82, 2.24) is 0 Å². The number of ether oxygens (including phenoxy) is 1. The van der Waals surface area contributed by atoms with Crippen LogP contribution in [0.15, 0.2) is 44.8 Å². The summed E-state index contributed by atoms with van der Waals surface area (Å²) in [6.07, 6.45) is 0. The van der Waals surface area contributed by atoms with Gasteiger partial charge in [0.2, 0.25) is 5.43 Å². The summed E-state index contributed by atoms with van der Waals surface area (Å²) in [5.74, 6) is 0.977. The number of thiol groups is 1. The summed E-state index contributed by atoms with van der Waals surface area (Å²) in [4.78, 5) is 12.1. The molecule has 88 valence electrons. The molecule has 4 heteroatoms. The van der Waals surface area contributed by atoms with Crippen molar-refractivity contribution in [2.45, 2.75) is 18.9 Å². The summed E-state index contributed by atoms with van der Waals surface area (Å²) in [6, 6.07) is 5.18. The first-order valence-electron chi connectivity index (χ1n) is 5.09. The molecular formula is C13H12O3S. The third kappa shape index (κ3) is 2.08. The van der Waals surface area contributed by atoms with Gasteiger partial charge < -0.3 is 9.15 Å². The largest absolute Gasteiger partial charge is 0.462 e. The fourth-order valence-corrected chi connectivity index (χ4v) is 1.76. The van der Waals surface area contributed by atoms with Crippen LogP contribution in [0.1, 0.15) is 12.5 Å². The molecular weight excluding hydrogens is 236 g/mol. The Morgan fingerprint density at radius 3 is 2.82 bits per heavy atom. The van der Waals surface area contributed by atoms with E-state index in [9.17, 15) is 4.79 Å². The zero-order valence-electron chi connectivity index (χ0n) is 9.61. The van der Waals surface area contributed by atoms with Gasteiger partial charge in [-0.15, -0.1) is 12.6 Å². The first-order valence-corrected chi connectivity index (χ1v) is 5.54. The van der Waals surface area contributed by atoms with Crippen molar-refractivity contribution in [2.75, 3.05) is 0 Å². The Labute approximate surface area is 104 Å². The molecule has 0 aliphatic rings. The van der Waals surface area contributed by atoms with Crippen molar-refractivity contribution < 1.29 is 9.15 Å². The molecule has 1 aromatic carbocycles. The van der Waals surface area contributed by atoms with Crippen molar-refractivity contribution in [3.05, 3.63) is 46.3 Å². The third-order valence-corrected chi connectivity index (χ3v) is 2.79. The van der Waals surface area contributed by atoms with Crippen molar-refractivity contribution in [3.63, 3.8) is 0 Å². The lowest BCUT2D eigenvalue weighted by Gasteiger charge is -2.08. The second-order valence-corrected chi connectivity index (χ2v) is 4.20. The molecule has 2 aromatic rings. The van der Waals surface area contributed by atoms with Crippen LogP contribution in [0.25, 0.3) is 11.0 Å². The molecule has 0 saturated carbocycles. The SMILES string of the molecule is C=C(C)Oc1cccc2oc(S)c(C)c(=O)c12. The normalized spacial score (nSPS) is 10.5. The van der Waals surface area contributed by atoms with Crippen LogP contribution in [0.2, 0.25) is 0 Å². The molecule has 3 nitrogen and oxygen atoms in total. The van der Waals surface area contributed by atoms with Gasteiger partial charge in [-0.25, -0.2) is 0 Å². The van der Waals surface area contributed by atoms with Crippen molar-refractivity contribution >= 4 is 23.6 Å². The molecule has 0 saturated heterocycles. The predicted molar refractivity (Wildman–Crippen MR) is 69.9 cm³/mol. The average Bonchev–Trinajstić information content (AvgIpc) is 2.25. The van der Waals surface area contributed by atoms with Gasteiger partial charge in [-0.1, -0.05) is 12.6 Å². The van der Waals surface area contributed by atoms with Gasteiger partial charge >= 0.3 is 0 Å². The summed E-state index contributed by atoms with van der Waals surface area (Å²) in [7, 11) is 0. The molecule has 0 N–H and O–H groups in total. The maximum absolute atomic E-state index is 12.1. The molecule has 1 heterocycles. The molecule has 0 fully saturated rings. The predicted octanol–water partition coefficient (Wildman–Crippen LogP) is 3.30. The molecule has 0 amide bonds. The quantitative estimate of drug-likeness (QED) is 0.654. The minimum atomic E-state index is -0.131. The summed E-state index contributed by atoms with van der Waals surface area (Å²) >= 11 is 4.12. The summed E-state index contributed by atoms with van der Waals surface area (Å²) in [5.41, 5.74) is 0.802. The fraction of sp³-hybridized carbons (Fsp3) is 0.154. The molecule has 0 unspecified atom stereocenters. The maximum Gasteiger partial charge on any atom is 0.200 e. The lowest BCUT2D eigenvalue weighted by Crippen LogP contribution is -2.07. The van der Waals surface area contributed by atoms with Crippen LogP contribution in [-0.2, 0) is 0 Å². The van der Waals surface area contributed by atoms with E-state index in [0.29, 0.717) is 33.1 Å². The van der Waals surface area contributed by atoms with Gasteiger partial charge in [-0.05, 0) is 26.0 Å². The number of rotatable bonds is 2. The monoisotopic (exact) mass is 248 g/mol. The highest BCUT2D eigenvalue weighted by Crippen LogP contribution is 2.26. The standard InChI is InChI=1S/C13H12O3S/c1-7(2)15-9-5-4-6-10-11(9)12(14)8(3)13(17)16-10/h4-6,17H,1H2,2-3H3. The van der Waals surface area contributed by atoms with Crippen LogP contribution < -0.4 is 10.2 Å². The van der Waals surface area contributed by atoms with Gasteiger partial charge in [0, 0.05) is 5.56 Å². The molecule has 0 aliphatic carbocycles. The van der Waals surface area contributed by atoms with E-state index in [1.807, 2.05) is 0 Å².